The van der Waals surface area contributed by atoms with Gasteiger partial charge in [-0.1, -0.05) is 32.1 Å². The zero-order valence-corrected chi connectivity index (χ0v) is 20.3. The standard InChI is InChI=1S/C7H6N.C5H10.7CO.Ru.W/c1-4-5-6-7-8(2)3;1-2-4-5-3-1;7*1-2;;/h2-3H3;1-5H2;;;;;;;;;/q-1;;;;;;;;;+2;. The van der Waals surface area contributed by atoms with E-state index in [1.807, 2.05) is 24.9 Å². The summed E-state index contributed by atoms with van der Waals surface area (Å²) in [5.74, 6) is 7.21. The van der Waals surface area contributed by atoms with Crippen LogP contribution in [0.15, 0.2) is 0 Å². The smallest absolute Gasteiger partial charge is 2.00 e. The monoisotopic (exact) mass is 656 g/mol. The number of hydrogen-bond acceptors (Lipinski definition) is 1. The van der Waals surface area contributed by atoms with E-state index in [0.717, 1.165) is 4.02 Å². The van der Waals surface area contributed by atoms with Gasteiger partial charge >= 0.3 is 165 Å². The quantitative estimate of drug-likeness (QED) is 0.180. The second-order valence-electron chi connectivity index (χ2n) is 3.34. The average Bonchev–Trinajstić information content (AvgIpc) is 3.42. The molecule has 1 aliphatic rings. The van der Waals surface area contributed by atoms with Gasteiger partial charge in [0, 0.05) is 0 Å². The van der Waals surface area contributed by atoms with Crippen LogP contribution in [0.25, 0.3) is 0 Å². The van der Waals surface area contributed by atoms with Crippen molar-refractivity contribution in [2.75, 3.05) is 14.1 Å². The van der Waals surface area contributed by atoms with Crippen molar-refractivity contribution in [1.82, 2.24) is 4.90 Å². The summed E-state index contributed by atoms with van der Waals surface area (Å²) >= 11 is 1.32. The maximum absolute atomic E-state index is 7.50. The van der Waals surface area contributed by atoms with Crippen LogP contribution < -0.4 is 0 Å². The first-order chi connectivity index (χ1) is 13.7. The van der Waals surface area contributed by atoms with Crippen LogP contribution in [0.4, 0.5) is 0 Å². The summed E-state index contributed by atoms with van der Waals surface area (Å²) in [5.41, 5.74) is 0. The van der Waals surface area contributed by atoms with Crippen molar-refractivity contribution < 1.29 is 71.4 Å². The first-order valence-electron chi connectivity index (χ1n) is 6.25. The Morgan fingerprint density at radius 3 is 1.00 bits per heavy atom. The Morgan fingerprint density at radius 2 is 0.862 bits per heavy atom. The fourth-order valence-electron chi connectivity index (χ4n) is 1.08. The second kappa shape index (κ2) is 111. The molecule has 1 aliphatic carbocycles. The van der Waals surface area contributed by atoms with Crippen LogP contribution in [0.3, 0.4) is 0 Å². The van der Waals surface area contributed by atoms with Gasteiger partial charge in [0.2, 0.25) is 0 Å². The Bertz CT molecular complexity index is 471. The largest absolute Gasteiger partial charge is 2.00 e. The van der Waals surface area contributed by atoms with Crippen molar-refractivity contribution in [1.29, 1.82) is 0 Å². The number of hydrogen-bond donors (Lipinski definition) is 0. The predicted octanol–water partition coefficient (Wildman–Crippen LogP) is 1.50. The third kappa shape index (κ3) is 121. The van der Waals surface area contributed by atoms with Crippen molar-refractivity contribution in [2.24, 2.45) is 0 Å². The molecule has 0 radical (unpaired) electrons. The molecule has 0 spiro atoms. The molecule has 0 aromatic carbocycles. The molecule has 1 fully saturated rings. The Morgan fingerprint density at radius 1 is 0.655 bits per heavy atom. The third-order valence-corrected chi connectivity index (χ3v) is 3.57. The van der Waals surface area contributed by atoms with Crippen LogP contribution in [0.1, 0.15) is 32.1 Å². The van der Waals surface area contributed by atoms with E-state index in [0.29, 0.717) is 0 Å². The molecule has 0 N–H and O–H groups in total. The van der Waals surface area contributed by atoms with Gasteiger partial charge < -0.3 is 0 Å². The van der Waals surface area contributed by atoms with Gasteiger partial charge in [0.25, 0.3) is 0 Å². The van der Waals surface area contributed by atoms with Gasteiger partial charge in [0.15, 0.2) is 0 Å². The van der Waals surface area contributed by atoms with E-state index < -0.39 is 0 Å². The van der Waals surface area contributed by atoms with Crippen LogP contribution in [0, 0.1) is 70.7 Å². The molecular weight excluding hydrogens is 639 g/mol. The Labute approximate surface area is 196 Å². The third-order valence-electron chi connectivity index (χ3n) is 1.89. The van der Waals surface area contributed by atoms with E-state index in [1.54, 1.807) is 0 Å². The summed E-state index contributed by atoms with van der Waals surface area (Å²) in [6, 6.07) is 0. The van der Waals surface area contributed by atoms with E-state index in [9.17, 15) is 0 Å². The number of rotatable bonds is 1. The molecule has 152 valence electrons. The van der Waals surface area contributed by atoms with Crippen molar-refractivity contribution in [3.63, 3.8) is 0 Å². The molecule has 0 aromatic rings. The van der Waals surface area contributed by atoms with Crippen LogP contribution >= 0.6 is 0 Å². The summed E-state index contributed by atoms with van der Waals surface area (Å²) in [5, 5.41) is 0. The van der Waals surface area contributed by atoms with Crippen LogP contribution in [0.2, 0.25) is 0 Å². The van der Waals surface area contributed by atoms with Crippen molar-refractivity contribution >= 4 is 4.02 Å². The molecule has 0 amide bonds. The maximum Gasteiger partial charge on any atom is 2.00 e. The van der Waals surface area contributed by atoms with Gasteiger partial charge in [-0.05, 0) is 0 Å². The van der Waals surface area contributed by atoms with Crippen LogP contribution in [-0.4, -0.2) is 23.0 Å². The molecular formula is C19H16NO7RuW+. The minimum Gasteiger partial charge on any atom is 2.00 e. The molecule has 0 saturated heterocycles. The van der Waals surface area contributed by atoms with E-state index in [-0.39, 0.29) is 19.5 Å². The molecule has 0 bridgehead atoms. The predicted molar refractivity (Wildman–Crippen MR) is 84.2 cm³/mol. The van der Waals surface area contributed by atoms with Crippen molar-refractivity contribution in [3.8, 4) is 17.8 Å². The van der Waals surface area contributed by atoms with Crippen LogP contribution in [-0.2, 0) is 71.4 Å². The fraction of sp³-hybridized carbons (Fsp3) is 0.368. The van der Waals surface area contributed by atoms with Gasteiger partial charge in [-0.15, -0.1) is 0 Å². The van der Waals surface area contributed by atoms with E-state index in [2.05, 4.69) is 58.4 Å². The number of nitrogens with zero attached hydrogens (tertiary/aromatic N) is 1. The van der Waals surface area contributed by atoms with Gasteiger partial charge in [-0.3, -0.25) is 0 Å². The zero-order chi connectivity index (χ0) is 24.8. The van der Waals surface area contributed by atoms with Crippen molar-refractivity contribution in [2.45, 2.75) is 32.1 Å². The van der Waals surface area contributed by atoms with Gasteiger partial charge in [-0.25, -0.2) is 0 Å². The summed E-state index contributed by atoms with van der Waals surface area (Å²) in [6.45, 7) is 31.5. The first-order valence-corrected chi connectivity index (χ1v) is 7.72. The van der Waals surface area contributed by atoms with E-state index in [4.69, 9.17) is 39.0 Å². The second-order valence-corrected chi connectivity index (χ2v) is 4.73. The molecule has 0 heterocycles. The first kappa shape index (κ1) is 56.4. The average molecular weight is 655 g/mol. The van der Waals surface area contributed by atoms with E-state index in [1.165, 1.54) is 51.5 Å². The molecule has 1 rings (SSSR count). The Hall–Kier alpha value is -1.56. The summed E-state index contributed by atoms with van der Waals surface area (Å²) in [6.07, 6.45) is 14.0. The summed E-state index contributed by atoms with van der Waals surface area (Å²) in [4.78, 5) is 1.93. The normalized spacial score (nSPS) is 6.90. The maximum atomic E-state index is 7.50. The summed E-state index contributed by atoms with van der Waals surface area (Å²) in [7, 11) is 3.86. The SMILES string of the molecule is C1CCCC1.[C-]#CC#C[C](=[W])N(C)C.[C-]#[O+].[C-]#[O+].[C-]#[O+].[C-]#[O+].[C-]#[O+].[C-]#[O+].[C-]#[O+].[Ru+2]. The minimum absolute atomic E-state index is 0. The van der Waals surface area contributed by atoms with Gasteiger partial charge in [0.1, 0.15) is 0 Å². The fourth-order valence-corrected chi connectivity index (χ4v) is 1.26. The molecule has 8 nitrogen and oxygen atoms in total. The zero-order valence-electron chi connectivity index (χ0n) is 15.6. The van der Waals surface area contributed by atoms with Crippen LogP contribution in [0.5, 0.6) is 0 Å². The molecule has 29 heavy (non-hydrogen) atoms. The van der Waals surface area contributed by atoms with Gasteiger partial charge in [0.05, 0.1) is 0 Å². The Balaban J connectivity index is -0.0000000248. The molecule has 0 atom stereocenters. The molecule has 1 saturated carbocycles. The molecule has 0 aromatic heterocycles. The topological polar surface area (TPSA) is 143 Å². The van der Waals surface area contributed by atoms with Gasteiger partial charge in [-0.2, -0.15) is 0 Å². The Kier molecular flexibility index (Phi) is 215. The van der Waals surface area contributed by atoms with Crippen molar-refractivity contribution in [3.05, 3.63) is 53.0 Å². The molecule has 10 heteroatoms. The molecule has 0 aliphatic heterocycles. The minimum atomic E-state index is 0. The molecule has 0 unspecified atom stereocenters. The summed E-state index contributed by atoms with van der Waals surface area (Å²) < 4.78 is 53.5. The van der Waals surface area contributed by atoms with E-state index >= 15 is 0 Å².